The molecule has 1 fully saturated rings. The number of rotatable bonds is 7. The number of aromatic nitrogens is 2. The van der Waals surface area contributed by atoms with Gasteiger partial charge < -0.3 is 14.6 Å². The molecule has 0 atom stereocenters. The number of carbonyl (C=O) groups is 1. The Labute approximate surface area is 198 Å². The summed E-state index contributed by atoms with van der Waals surface area (Å²) < 4.78 is 6.77. The molecule has 2 aromatic carbocycles. The lowest BCUT2D eigenvalue weighted by atomic mass is 10.1. The highest BCUT2D eigenvalue weighted by molar-refractivity contribution is 5.85. The summed E-state index contributed by atoms with van der Waals surface area (Å²) in [7, 11) is 0. The zero-order valence-corrected chi connectivity index (χ0v) is 19.5. The minimum atomic E-state index is -0.116. The number of pyridine rings is 1. The largest absolute Gasteiger partial charge is 0.466 e. The molecule has 1 N–H and O–H groups in total. The van der Waals surface area contributed by atoms with Gasteiger partial charge in [0.25, 0.3) is 5.56 Å². The van der Waals surface area contributed by atoms with Gasteiger partial charge in [0.05, 0.1) is 18.5 Å². The maximum Gasteiger partial charge on any atom is 0.307 e. The van der Waals surface area contributed by atoms with Gasteiger partial charge in [-0.25, -0.2) is 0 Å². The number of fused-ring (bicyclic) bond motifs is 2. The van der Waals surface area contributed by atoms with Crippen molar-refractivity contribution in [1.29, 1.82) is 0 Å². The molecule has 1 saturated heterocycles. The van der Waals surface area contributed by atoms with Gasteiger partial charge in [0.15, 0.2) is 0 Å². The highest BCUT2D eigenvalue weighted by atomic mass is 16.5. The summed E-state index contributed by atoms with van der Waals surface area (Å²) in [6, 6.07) is 19.9. The quantitative estimate of drug-likeness (QED) is 0.429. The predicted octanol–water partition coefficient (Wildman–Crippen LogP) is 3.54. The summed E-state index contributed by atoms with van der Waals surface area (Å²) >= 11 is 0. The van der Waals surface area contributed by atoms with Crippen molar-refractivity contribution in [3.05, 3.63) is 76.6 Å². The molecule has 176 valence electrons. The summed E-state index contributed by atoms with van der Waals surface area (Å²) in [5.74, 6) is 0.666. The standard InChI is InChI=1S/C27H30N4O3/c1-2-34-27(33)11-12-29-13-15-30(16-14-29)19-20-7-9-23-22(17-20)18-25(28-23)31-24-6-4-3-5-21(24)8-10-26(31)32/h3-10,17-18,28H,2,11-16,19H2,1H3. The van der Waals surface area contributed by atoms with Crippen LogP contribution in [0.4, 0.5) is 0 Å². The third-order valence-electron chi connectivity index (χ3n) is 6.52. The van der Waals surface area contributed by atoms with E-state index in [2.05, 4.69) is 39.0 Å². The molecule has 5 rings (SSSR count). The van der Waals surface area contributed by atoms with Gasteiger partial charge in [0.2, 0.25) is 0 Å². The van der Waals surface area contributed by atoms with Crippen molar-refractivity contribution in [3.63, 3.8) is 0 Å². The molecule has 4 aromatic rings. The van der Waals surface area contributed by atoms with Crippen molar-refractivity contribution in [1.82, 2.24) is 19.4 Å². The Balaban J connectivity index is 1.27. The highest BCUT2D eigenvalue weighted by Crippen LogP contribution is 2.23. The first-order valence-electron chi connectivity index (χ1n) is 11.9. The Kier molecular flexibility index (Phi) is 6.47. The molecule has 2 aromatic heterocycles. The Morgan fingerprint density at radius 2 is 1.74 bits per heavy atom. The van der Waals surface area contributed by atoms with Crippen molar-refractivity contribution in [2.24, 2.45) is 0 Å². The second kappa shape index (κ2) is 9.83. The number of aromatic amines is 1. The first kappa shape index (κ1) is 22.4. The average molecular weight is 459 g/mol. The minimum Gasteiger partial charge on any atom is -0.466 e. The molecule has 7 heteroatoms. The number of H-pyrrole nitrogens is 1. The van der Waals surface area contributed by atoms with Crippen LogP contribution in [0.25, 0.3) is 27.6 Å². The average Bonchev–Trinajstić information content (AvgIpc) is 3.26. The number of piperazine rings is 1. The van der Waals surface area contributed by atoms with E-state index in [1.165, 1.54) is 5.56 Å². The number of esters is 1. The molecule has 0 saturated carbocycles. The molecule has 3 heterocycles. The third kappa shape index (κ3) is 4.76. The van der Waals surface area contributed by atoms with E-state index in [-0.39, 0.29) is 11.5 Å². The van der Waals surface area contributed by atoms with Crippen LogP contribution < -0.4 is 5.56 Å². The van der Waals surface area contributed by atoms with E-state index in [1.807, 2.05) is 37.3 Å². The molecule has 0 spiro atoms. The minimum absolute atomic E-state index is 0.0497. The van der Waals surface area contributed by atoms with Crippen LogP contribution in [0.2, 0.25) is 0 Å². The molecule has 34 heavy (non-hydrogen) atoms. The van der Waals surface area contributed by atoms with E-state index < -0.39 is 0 Å². The summed E-state index contributed by atoms with van der Waals surface area (Å²) in [6.07, 6.45) is 0.458. The molecule has 0 radical (unpaired) electrons. The van der Waals surface area contributed by atoms with Crippen LogP contribution in [-0.2, 0) is 16.1 Å². The maximum atomic E-state index is 12.7. The lowest BCUT2D eigenvalue weighted by Gasteiger charge is -2.34. The first-order valence-corrected chi connectivity index (χ1v) is 11.9. The molecule has 0 amide bonds. The number of hydrogen-bond acceptors (Lipinski definition) is 5. The zero-order chi connectivity index (χ0) is 23.5. The van der Waals surface area contributed by atoms with E-state index in [0.717, 1.165) is 66.9 Å². The monoisotopic (exact) mass is 458 g/mol. The van der Waals surface area contributed by atoms with Gasteiger partial charge in [-0.05, 0) is 48.2 Å². The van der Waals surface area contributed by atoms with Gasteiger partial charge in [-0.3, -0.25) is 19.1 Å². The van der Waals surface area contributed by atoms with Crippen LogP contribution in [-0.4, -0.2) is 64.7 Å². The second-order valence-electron chi connectivity index (χ2n) is 8.81. The Morgan fingerprint density at radius 1 is 0.941 bits per heavy atom. The van der Waals surface area contributed by atoms with Crippen LogP contribution in [0.3, 0.4) is 0 Å². The van der Waals surface area contributed by atoms with E-state index in [0.29, 0.717) is 13.0 Å². The molecule has 0 unspecified atom stereocenters. The van der Waals surface area contributed by atoms with E-state index in [9.17, 15) is 9.59 Å². The third-order valence-corrected chi connectivity index (χ3v) is 6.52. The number of hydrogen-bond donors (Lipinski definition) is 1. The SMILES string of the molecule is CCOC(=O)CCN1CCN(Cc2ccc3[nH]c(-n4c(=O)ccc5ccccc54)cc3c2)CC1. The van der Waals surface area contributed by atoms with E-state index >= 15 is 0 Å². The topological polar surface area (TPSA) is 70.6 Å². The Bertz CT molecular complexity index is 1370. The number of benzene rings is 2. The molecular weight excluding hydrogens is 428 g/mol. The van der Waals surface area contributed by atoms with E-state index in [4.69, 9.17) is 4.74 Å². The molecular formula is C27H30N4O3. The predicted molar refractivity (Wildman–Crippen MR) is 134 cm³/mol. The van der Waals surface area contributed by atoms with Crippen LogP contribution in [0.15, 0.2) is 65.5 Å². The number of nitrogens with one attached hydrogen (secondary N) is 1. The van der Waals surface area contributed by atoms with Crippen molar-refractivity contribution in [2.45, 2.75) is 19.9 Å². The van der Waals surface area contributed by atoms with Crippen LogP contribution in [0.5, 0.6) is 0 Å². The second-order valence-corrected chi connectivity index (χ2v) is 8.81. The van der Waals surface area contributed by atoms with Crippen LogP contribution >= 0.6 is 0 Å². The van der Waals surface area contributed by atoms with Gasteiger partial charge in [0, 0.05) is 56.2 Å². The first-order chi connectivity index (χ1) is 16.6. The fraction of sp³-hybridized carbons (Fsp3) is 0.333. The van der Waals surface area contributed by atoms with Crippen molar-refractivity contribution in [2.75, 3.05) is 39.3 Å². The van der Waals surface area contributed by atoms with Gasteiger partial charge in [-0.15, -0.1) is 0 Å². The zero-order valence-electron chi connectivity index (χ0n) is 19.5. The highest BCUT2D eigenvalue weighted by Gasteiger charge is 2.18. The van der Waals surface area contributed by atoms with Crippen LogP contribution in [0, 0.1) is 0 Å². The molecule has 0 bridgehead atoms. The summed E-state index contributed by atoms with van der Waals surface area (Å²) in [6.45, 7) is 7.80. The maximum absolute atomic E-state index is 12.7. The summed E-state index contributed by atoms with van der Waals surface area (Å²) in [4.78, 5) is 32.5. The van der Waals surface area contributed by atoms with Crippen molar-refractivity contribution < 1.29 is 9.53 Å². The molecule has 0 aliphatic carbocycles. The van der Waals surface area contributed by atoms with Gasteiger partial charge in [-0.1, -0.05) is 24.3 Å². The normalized spacial score (nSPS) is 15.2. The smallest absolute Gasteiger partial charge is 0.307 e. The fourth-order valence-electron chi connectivity index (χ4n) is 4.73. The summed E-state index contributed by atoms with van der Waals surface area (Å²) in [5.41, 5.74) is 3.11. The van der Waals surface area contributed by atoms with Crippen molar-refractivity contribution >= 4 is 27.8 Å². The molecule has 7 nitrogen and oxygen atoms in total. The van der Waals surface area contributed by atoms with Crippen LogP contribution in [0.1, 0.15) is 18.9 Å². The number of para-hydroxylation sites is 1. The number of ether oxygens (including phenoxy) is 1. The lowest BCUT2D eigenvalue weighted by molar-refractivity contribution is -0.143. The van der Waals surface area contributed by atoms with Gasteiger partial charge >= 0.3 is 5.97 Å². The Morgan fingerprint density at radius 3 is 2.56 bits per heavy atom. The Hall–Kier alpha value is -3.42. The lowest BCUT2D eigenvalue weighted by Crippen LogP contribution is -2.46. The number of nitrogens with zero attached hydrogens (tertiary/aromatic N) is 3. The van der Waals surface area contributed by atoms with E-state index in [1.54, 1.807) is 10.6 Å². The van der Waals surface area contributed by atoms with Gasteiger partial charge in [-0.2, -0.15) is 0 Å². The summed E-state index contributed by atoms with van der Waals surface area (Å²) in [5, 5.41) is 2.13. The number of carbonyl (C=O) groups excluding carboxylic acids is 1. The fourth-order valence-corrected chi connectivity index (χ4v) is 4.73. The van der Waals surface area contributed by atoms with Crippen molar-refractivity contribution in [3.8, 4) is 5.82 Å². The molecule has 1 aliphatic heterocycles. The van der Waals surface area contributed by atoms with Gasteiger partial charge in [0.1, 0.15) is 5.82 Å². The molecule has 1 aliphatic rings.